The average molecular weight is 413 g/mol. The lowest BCUT2D eigenvalue weighted by molar-refractivity contribution is -0.114. The minimum Gasteiger partial charge on any atom is -0.324 e. The van der Waals surface area contributed by atoms with E-state index in [4.69, 9.17) is 0 Å². The molecule has 0 aliphatic heterocycles. The zero-order chi connectivity index (χ0) is 21.4. The van der Waals surface area contributed by atoms with Gasteiger partial charge in [-0.3, -0.25) is 4.79 Å². The van der Waals surface area contributed by atoms with Crippen LogP contribution in [-0.2, 0) is 11.3 Å². The number of carbonyl (C=O) groups is 1. The van der Waals surface area contributed by atoms with E-state index in [1.165, 1.54) is 23.6 Å². The zero-order valence-corrected chi connectivity index (χ0v) is 15.7. The van der Waals surface area contributed by atoms with Crippen LogP contribution in [0.2, 0.25) is 0 Å². The molecular weight excluding hydrogens is 398 g/mol. The highest BCUT2D eigenvalue weighted by atomic mass is 19.1. The molecule has 4 rings (SSSR count). The monoisotopic (exact) mass is 413 g/mol. The van der Waals surface area contributed by atoms with Crippen LogP contribution in [0.15, 0.2) is 54.6 Å². The lowest BCUT2D eigenvalue weighted by Gasteiger charge is -2.12. The second-order valence-electron chi connectivity index (χ2n) is 6.67. The van der Waals surface area contributed by atoms with Gasteiger partial charge in [-0.1, -0.05) is 18.2 Å². The number of nitrogens with zero attached hydrogens (tertiary/aromatic N) is 2. The minimum atomic E-state index is -0.873. The summed E-state index contributed by atoms with van der Waals surface area (Å²) in [7, 11) is 0. The lowest BCUT2D eigenvalue weighted by atomic mass is 10.1. The number of aromatic nitrogens is 2. The van der Waals surface area contributed by atoms with E-state index in [9.17, 15) is 22.4 Å². The molecule has 3 aromatic carbocycles. The number of anilines is 1. The summed E-state index contributed by atoms with van der Waals surface area (Å²) in [5.41, 5.74) is 0.188. The summed E-state index contributed by atoms with van der Waals surface area (Å²) in [6.45, 7) is 0.948. The van der Waals surface area contributed by atoms with Crippen molar-refractivity contribution in [3.8, 4) is 11.4 Å². The third-order valence-electron chi connectivity index (χ3n) is 4.65. The van der Waals surface area contributed by atoms with Gasteiger partial charge in [-0.25, -0.2) is 22.5 Å². The van der Waals surface area contributed by atoms with Gasteiger partial charge >= 0.3 is 0 Å². The van der Waals surface area contributed by atoms with Crippen LogP contribution in [0.1, 0.15) is 12.5 Å². The van der Waals surface area contributed by atoms with Crippen molar-refractivity contribution < 1.29 is 22.4 Å². The molecule has 1 amide bonds. The summed E-state index contributed by atoms with van der Waals surface area (Å²) in [6, 6.07) is 11.5. The van der Waals surface area contributed by atoms with Crippen LogP contribution in [0.5, 0.6) is 0 Å². The van der Waals surface area contributed by atoms with E-state index in [-0.39, 0.29) is 29.4 Å². The summed E-state index contributed by atoms with van der Waals surface area (Å²) in [5.74, 6) is -3.86. The fourth-order valence-corrected chi connectivity index (χ4v) is 3.34. The maximum atomic E-state index is 14.5. The van der Waals surface area contributed by atoms with Crippen LogP contribution in [-0.4, -0.2) is 15.5 Å². The van der Waals surface area contributed by atoms with Crippen molar-refractivity contribution in [3.63, 3.8) is 0 Å². The molecule has 1 N–H and O–H groups in total. The van der Waals surface area contributed by atoms with Gasteiger partial charge in [0, 0.05) is 12.5 Å². The number of hydrogen-bond acceptors (Lipinski definition) is 2. The van der Waals surface area contributed by atoms with E-state index in [1.54, 1.807) is 18.2 Å². The molecule has 4 nitrogen and oxygen atoms in total. The molecule has 0 aliphatic carbocycles. The molecule has 0 radical (unpaired) electrons. The summed E-state index contributed by atoms with van der Waals surface area (Å²) >= 11 is 0. The first-order chi connectivity index (χ1) is 14.4. The predicted octanol–water partition coefficient (Wildman–Crippen LogP) is 5.27. The van der Waals surface area contributed by atoms with E-state index in [0.29, 0.717) is 11.2 Å². The van der Waals surface area contributed by atoms with Crippen molar-refractivity contribution in [2.75, 3.05) is 5.32 Å². The molecule has 1 heterocycles. The zero-order valence-electron chi connectivity index (χ0n) is 15.7. The number of rotatable bonds is 4. The summed E-state index contributed by atoms with van der Waals surface area (Å²) in [6.07, 6.45) is 0. The van der Waals surface area contributed by atoms with Crippen LogP contribution in [0.3, 0.4) is 0 Å². The van der Waals surface area contributed by atoms with E-state index >= 15 is 0 Å². The fraction of sp³-hybridized carbons (Fsp3) is 0.0909. The number of benzene rings is 3. The Hall–Kier alpha value is -3.68. The molecule has 152 valence electrons. The van der Waals surface area contributed by atoms with E-state index in [2.05, 4.69) is 10.3 Å². The topological polar surface area (TPSA) is 46.9 Å². The number of halogens is 4. The largest absolute Gasteiger partial charge is 0.324 e. The Morgan fingerprint density at radius 2 is 1.47 bits per heavy atom. The third kappa shape index (κ3) is 3.41. The summed E-state index contributed by atoms with van der Waals surface area (Å²) < 4.78 is 59.0. The van der Waals surface area contributed by atoms with E-state index < -0.39 is 28.8 Å². The van der Waals surface area contributed by atoms with Crippen molar-refractivity contribution in [1.29, 1.82) is 0 Å². The summed E-state index contributed by atoms with van der Waals surface area (Å²) in [4.78, 5) is 15.9. The number of hydrogen-bond donors (Lipinski definition) is 1. The van der Waals surface area contributed by atoms with Crippen LogP contribution in [0.25, 0.3) is 22.4 Å². The Labute approximate surface area is 168 Å². The van der Waals surface area contributed by atoms with Crippen molar-refractivity contribution in [3.05, 3.63) is 83.4 Å². The van der Waals surface area contributed by atoms with Crippen molar-refractivity contribution in [2.24, 2.45) is 0 Å². The first kappa shape index (κ1) is 19.6. The molecule has 0 fully saturated rings. The highest BCUT2D eigenvalue weighted by Crippen LogP contribution is 2.33. The fourth-order valence-electron chi connectivity index (χ4n) is 3.34. The second kappa shape index (κ2) is 7.62. The van der Waals surface area contributed by atoms with Gasteiger partial charge in [0.15, 0.2) is 0 Å². The third-order valence-corrected chi connectivity index (χ3v) is 4.65. The van der Waals surface area contributed by atoms with Gasteiger partial charge in [0.25, 0.3) is 0 Å². The number of amides is 1. The molecule has 1 aromatic heterocycles. The molecular formula is C22H15F4N3O. The number of para-hydroxylation sites is 1. The standard InChI is InChI=1S/C22H15F4N3O/c1-12(30)27-18-9-4-10-19-21(18)28-22(20-16(25)7-3-8-17(20)26)29(19)11-13-14(23)5-2-6-15(13)24/h2-10H,11H2,1H3,(H,27,30). The van der Waals surface area contributed by atoms with Crippen molar-refractivity contribution >= 4 is 22.6 Å². The summed E-state index contributed by atoms with van der Waals surface area (Å²) in [5, 5.41) is 2.61. The molecule has 4 aromatic rings. The van der Waals surface area contributed by atoms with Crippen LogP contribution in [0, 0.1) is 23.3 Å². The molecule has 0 aliphatic rings. The highest BCUT2D eigenvalue weighted by Gasteiger charge is 2.23. The van der Waals surface area contributed by atoms with Gasteiger partial charge in [0.05, 0.1) is 23.3 Å². The molecule has 8 heteroatoms. The van der Waals surface area contributed by atoms with Crippen LogP contribution < -0.4 is 5.32 Å². The van der Waals surface area contributed by atoms with Gasteiger partial charge in [0.1, 0.15) is 34.6 Å². The van der Waals surface area contributed by atoms with Crippen LogP contribution >= 0.6 is 0 Å². The average Bonchev–Trinajstić information content (AvgIpc) is 3.03. The van der Waals surface area contributed by atoms with Crippen molar-refractivity contribution in [2.45, 2.75) is 13.5 Å². The lowest BCUT2D eigenvalue weighted by Crippen LogP contribution is -2.08. The number of nitrogens with one attached hydrogen (secondary N) is 1. The molecule has 0 unspecified atom stereocenters. The maximum absolute atomic E-state index is 14.5. The first-order valence-corrected chi connectivity index (χ1v) is 9.01. The van der Waals surface area contributed by atoms with Crippen molar-refractivity contribution in [1.82, 2.24) is 9.55 Å². The molecule has 0 spiro atoms. The highest BCUT2D eigenvalue weighted by molar-refractivity contribution is 5.99. The minimum absolute atomic E-state index is 0.152. The maximum Gasteiger partial charge on any atom is 0.221 e. The Kier molecular flexibility index (Phi) is 4.99. The Morgan fingerprint density at radius 3 is 2.07 bits per heavy atom. The SMILES string of the molecule is CC(=O)Nc1cccc2c1nc(-c1c(F)cccc1F)n2Cc1c(F)cccc1F. The molecule has 0 bridgehead atoms. The van der Waals surface area contributed by atoms with Gasteiger partial charge in [0.2, 0.25) is 5.91 Å². The predicted molar refractivity (Wildman–Crippen MR) is 105 cm³/mol. The molecule has 0 saturated carbocycles. The number of imidazole rings is 1. The smallest absolute Gasteiger partial charge is 0.221 e. The first-order valence-electron chi connectivity index (χ1n) is 9.01. The van der Waals surface area contributed by atoms with Crippen LogP contribution in [0.4, 0.5) is 23.2 Å². The Balaban J connectivity index is 2.02. The number of fused-ring (bicyclic) bond motifs is 1. The second-order valence-corrected chi connectivity index (χ2v) is 6.67. The Morgan fingerprint density at radius 1 is 0.900 bits per heavy atom. The normalized spacial score (nSPS) is 11.1. The quantitative estimate of drug-likeness (QED) is 0.464. The van der Waals surface area contributed by atoms with Gasteiger partial charge < -0.3 is 9.88 Å². The number of carbonyl (C=O) groups excluding carboxylic acids is 1. The van der Waals surface area contributed by atoms with Gasteiger partial charge in [-0.15, -0.1) is 0 Å². The Bertz CT molecular complexity index is 1240. The van der Waals surface area contributed by atoms with E-state index in [1.807, 2.05) is 0 Å². The van der Waals surface area contributed by atoms with E-state index in [0.717, 1.165) is 24.3 Å². The molecule has 0 atom stereocenters. The molecule has 30 heavy (non-hydrogen) atoms. The van der Waals surface area contributed by atoms with Gasteiger partial charge in [-0.2, -0.15) is 0 Å². The van der Waals surface area contributed by atoms with Gasteiger partial charge in [-0.05, 0) is 36.4 Å². The molecule has 0 saturated heterocycles.